The van der Waals surface area contributed by atoms with Gasteiger partial charge in [-0.1, -0.05) is 39.0 Å². The summed E-state index contributed by atoms with van der Waals surface area (Å²) in [6, 6.07) is -0.105. The molecule has 5 nitrogen and oxygen atoms in total. The summed E-state index contributed by atoms with van der Waals surface area (Å²) in [5, 5.41) is 0. The van der Waals surface area contributed by atoms with Crippen LogP contribution >= 0.6 is 11.3 Å². The third-order valence-electron chi connectivity index (χ3n) is 4.32. The number of sulfonamides is 1. The Labute approximate surface area is 111 Å². The van der Waals surface area contributed by atoms with E-state index in [0.717, 1.165) is 11.3 Å². The lowest BCUT2D eigenvalue weighted by Gasteiger charge is -2.06. The summed E-state index contributed by atoms with van der Waals surface area (Å²) in [7, 11) is -3.61. The highest BCUT2D eigenvalue weighted by atomic mass is 32.2. The van der Waals surface area contributed by atoms with Crippen molar-refractivity contribution < 1.29 is 8.42 Å². The summed E-state index contributed by atoms with van der Waals surface area (Å²) < 4.78 is 27.3. The first-order valence-electron chi connectivity index (χ1n) is 5.72. The Balaban J connectivity index is 2.31. The van der Waals surface area contributed by atoms with Crippen molar-refractivity contribution >= 4 is 21.4 Å². The van der Waals surface area contributed by atoms with Gasteiger partial charge in [0.25, 0.3) is 10.0 Å². The molecule has 1 aliphatic carbocycles. The smallest absolute Gasteiger partial charge is 0.305 e. The second-order valence-corrected chi connectivity index (χ2v) is 8.82. The molecule has 0 unspecified atom stereocenters. The molecule has 0 saturated heterocycles. The first-order valence-corrected chi connectivity index (χ1v) is 8.02. The molecule has 0 radical (unpaired) electrons. The van der Waals surface area contributed by atoms with Crippen molar-refractivity contribution in [3.8, 4) is 0 Å². The van der Waals surface area contributed by atoms with Crippen molar-refractivity contribution in [3.05, 3.63) is 15.4 Å². The lowest BCUT2D eigenvalue weighted by Crippen LogP contribution is -2.29. The van der Waals surface area contributed by atoms with Gasteiger partial charge in [0.05, 0.1) is 0 Å². The van der Waals surface area contributed by atoms with Crippen LogP contribution in [0.3, 0.4) is 0 Å². The van der Waals surface area contributed by atoms with E-state index in [1.165, 1.54) is 0 Å². The molecular weight excluding hydrogens is 272 g/mol. The molecule has 0 bridgehead atoms. The Morgan fingerprint density at radius 1 is 1.22 bits per heavy atom. The van der Waals surface area contributed by atoms with E-state index in [0.29, 0.717) is 5.69 Å². The first kappa shape index (κ1) is 13.8. The predicted molar refractivity (Wildman–Crippen MR) is 71.3 cm³/mol. The molecule has 1 fully saturated rings. The minimum Gasteiger partial charge on any atom is -0.315 e. The lowest BCUT2D eigenvalue weighted by molar-refractivity contribution is 0.457. The van der Waals surface area contributed by atoms with Crippen LogP contribution in [0.4, 0.5) is 0 Å². The van der Waals surface area contributed by atoms with Crippen molar-refractivity contribution in [2.75, 3.05) is 0 Å². The molecule has 0 atom stereocenters. The maximum Gasteiger partial charge on any atom is 0.305 e. The standard InChI is InChI=1S/C11H18N2O3S2/c1-6-7(17-9(14)12-6)18(15,16)13-8-10(2,3)11(8,4)5/h8,13H,1-5H3,(H,12,14). The zero-order valence-corrected chi connectivity index (χ0v) is 12.8. The highest BCUT2D eigenvalue weighted by Gasteiger charge is 2.66. The minimum absolute atomic E-state index is 0.0742. The number of aryl methyl sites for hydroxylation is 1. The van der Waals surface area contributed by atoms with Gasteiger partial charge in [-0.3, -0.25) is 4.79 Å². The van der Waals surface area contributed by atoms with Crippen LogP contribution in [0, 0.1) is 17.8 Å². The Bertz CT molecular complexity index is 623. The van der Waals surface area contributed by atoms with Crippen LogP contribution in [0.1, 0.15) is 33.4 Å². The molecule has 1 saturated carbocycles. The van der Waals surface area contributed by atoms with E-state index in [9.17, 15) is 13.2 Å². The summed E-state index contributed by atoms with van der Waals surface area (Å²) in [6.07, 6.45) is 0. The number of hydrogen-bond donors (Lipinski definition) is 2. The van der Waals surface area contributed by atoms with Crippen molar-refractivity contribution in [2.45, 2.75) is 44.9 Å². The van der Waals surface area contributed by atoms with Gasteiger partial charge in [0.2, 0.25) is 0 Å². The van der Waals surface area contributed by atoms with Gasteiger partial charge in [-0.15, -0.1) is 0 Å². The summed E-state index contributed by atoms with van der Waals surface area (Å²) in [5.74, 6) is 0. The number of nitrogens with one attached hydrogen (secondary N) is 2. The second-order valence-electron chi connectivity index (χ2n) is 5.92. The van der Waals surface area contributed by atoms with E-state index in [2.05, 4.69) is 9.71 Å². The molecule has 0 amide bonds. The van der Waals surface area contributed by atoms with Gasteiger partial charge in [-0.25, -0.2) is 13.1 Å². The monoisotopic (exact) mass is 290 g/mol. The van der Waals surface area contributed by atoms with Crippen molar-refractivity contribution in [3.63, 3.8) is 0 Å². The maximum atomic E-state index is 12.2. The molecule has 102 valence electrons. The molecule has 2 N–H and O–H groups in total. The third-order valence-corrected chi connectivity index (χ3v) is 7.35. The van der Waals surface area contributed by atoms with Gasteiger partial charge in [0.15, 0.2) is 4.21 Å². The number of hydrogen-bond acceptors (Lipinski definition) is 4. The van der Waals surface area contributed by atoms with Gasteiger partial charge in [0, 0.05) is 11.7 Å². The number of H-pyrrole nitrogens is 1. The van der Waals surface area contributed by atoms with Crippen molar-refractivity contribution in [2.24, 2.45) is 10.8 Å². The summed E-state index contributed by atoms with van der Waals surface area (Å²) in [5.41, 5.74) is 0.249. The molecule has 0 aromatic carbocycles. The average Bonchev–Trinajstić information content (AvgIpc) is 2.52. The molecule has 1 aromatic heterocycles. The Morgan fingerprint density at radius 2 is 1.72 bits per heavy atom. The molecule has 1 heterocycles. The number of rotatable bonds is 3. The third kappa shape index (κ3) is 1.85. The minimum atomic E-state index is -3.61. The largest absolute Gasteiger partial charge is 0.315 e. The van der Waals surface area contributed by atoms with E-state index >= 15 is 0 Å². The summed E-state index contributed by atoms with van der Waals surface area (Å²) in [6.45, 7) is 9.73. The lowest BCUT2D eigenvalue weighted by atomic mass is 10.0. The molecule has 7 heteroatoms. The van der Waals surface area contributed by atoms with Crippen LogP contribution in [0.15, 0.2) is 9.00 Å². The SMILES string of the molecule is Cc1[nH]c(=O)sc1S(=O)(=O)NC1C(C)(C)C1(C)C. The highest BCUT2D eigenvalue weighted by molar-refractivity contribution is 7.91. The van der Waals surface area contributed by atoms with Gasteiger partial charge in [-0.05, 0) is 17.8 Å². The molecule has 2 rings (SSSR count). The summed E-state index contributed by atoms with van der Waals surface area (Å²) >= 11 is 0.730. The Morgan fingerprint density at radius 3 is 2.06 bits per heavy atom. The topological polar surface area (TPSA) is 79.0 Å². The Hall–Kier alpha value is -0.660. The van der Waals surface area contributed by atoms with Gasteiger partial charge in [0.1, 0.15) is 0 Å². The Kier molecular flexibility index (Phi) is 2.81. The second kappa shape index (κ2) is 3.68. The predicted octanol–water partition coefficient (Wildman–Crippen LogP) is 1.46. The van der Waals surface area contributed by atoms with Crippen LogP contribution in [0.25, 0.3) is 0 Å². The number of thiazole rings is 1. The zero-order chi connectivity index (χ0) is 13.9. The zero-order valence-electron chi connectivity index (χ0n) is 11.1. The fourth-order valence-corrected chi connectivity index (χ4v) is 5.19. The van der Waals surface area contributed by atoms with Crippen LogP contribution in [-0.4, -0.2) is 19.4 Å². The van der Waals surface area contributed by atoms with Crippen LogP contribution < -0.4 is 9.60 Å². The number of aromatic amines is 1. The molecule has 1 aromatic rings. The van der Waals surface area contributed by atoms with Gasteiger partial charge >= 0.3 is 4.87 Å². The fourth-order valence-electron chi connectivity index (χ4n) is 2.35. The van der Waals surface area contributed by atoms with Gasteiger partial charge < -0.3 is 4.98 Å². The summed E-state index contributed by atoms with van der Waals surface area (Å²) in [4.78, 5) is 13.3. The van der Waals surface area contributed by atoms with Crippen molar-refractivity contribution in [1.82, 2.24) is 9.71 Å². The molecule has 18 heavy (non-hydrogen) atoms. The van der Waals surface area contributed by atoms with E-state index in [4.69, 9.17) is 0 Å². The van der Waals surface area contributed by atoms with E-state index in [1.807, 2.05) is 27.7 Å². The normalized spacial score (nSPS) is 22.1. The van der Waals surface area contributed by atoms with E-state index in [1.54, 1.807) is 6.92 Å². The first-order chi connectivity index (χ1) is 8.00. The van der Waals surface area contributed by atoms with Crippen molar-refractivity contribution in [1.29, 1.82) is 0 Å². The fraction of sp³-hybridized carbons (Fsp3) is 0.727. The van der Waals surface area contributed by atoms with E-state index < -0.39 is 10.0 Å². The average molecular weight is 290 g/mol. The molecule has 0 spiro atoms. The van der Waals surface area contributed by atoms with Gasteiger partial charge in [-0.2, -0.15) is 0 Å². The maximum absolute atomic E-state index is 12.2. The van der Waals surface area contributed by atoms with E-state index in [-0.39, 0.29) is 26.0 Å². The van der Waals surface area contributed by atoms with Crippen LogP contribution in [0.2, 0.25) is 0 Å². The van der Waals surface area contributed by atoms with Crippen LogP contribution in [0.5, 0.6) is 0 Å². The molecule has 0 aliphatic heterocycles. The molecule has 1 aliphatic rings. The highest BCUT2D eigenvalue weighted by Crippen LogP contribution is 2.62. The van der Waals surface area contributed by atoms with Crippen LogP contribution in [-0.2, 0) is 10.0 Å². The quantitative estimate of drug-likeness (QED) is 0.884. The number of aromatic nitrogens is 1. The molecular formula is C11H18N2O3S2.